The number of carbonyl (C=O) groups excluding carboxylic acids is 2. The van der Waals surface area contributed by atoms with E-state index in [1.807, 2.05) is 35.2 Å². The van der Waals surface area contributed by atoms with Crippen LogP contribution in [-0.4, -0.2) is 53.8 Å². The number of piperazine rings is 1. The fourth-order valence-electron chi connectivity index (χ4n) is 3.79. The topological polar surface area (TPSA) is 52.7 Å². The standard InChI is InChI=1S/C23H26FN3O2/c24-19-8-6-17(7-9-19)16-21(28)26-12-14-27(15-13-26)22(18-4-2-1-3-5-18)23(29)25-20-10-11-20/h1-9,20,22H,10-16H2,(H,25,29). The molecular weight excluding hydrogens is 369 g/mol. The second-order valence-electron chi connectivity index (χ2n) is 7.82. The summed E-state index contributed by atoms with van der Waals surface area (Å²) in [5.41, 5.74) is 1.79. The number of carbonyl (C=O) groups is 2. The Morgan fingerprint density at radius 2 is 1.62 bits per heavy atom. The van der Waals surface area contributed by atoms with Crippen molar-refractivity contribution in [2.24, 2.45) is 0 Å². The van der Waals surface area contributed by atoms with Gasteiger partial charge >= 0.3 is 0 Å². The van der Waals surface area contributed by atoms with Gasteiger partial charge in [0.05, 0.1) is 6.42 Å². The van der Waals surface area contributed by atoms with Crippen LogP contribution in [0.5, 0.6) is 0 Å². The fraction of sp³-hybridized carbons (Fsp3) is 0.391. The Morgan fingerprint density at radius 1 is 0.966 bits per heavy atom. The molecule has 152 valence electrons. The maximum Gasteiger partial charge on any atom is 0.242 e. The van der Waals surface area contributed by atoms with Gasteiger partial charge in [-0.05, 0) is 36.1 Å². The van der Waals surface area contributed by atoms with Crippen molar-refractivity contribution in [1.29, 1.82) is 0 Å². The first-order chi connectivity index (χ1) is 14.1. The average Bonchev–Trinajstić information content (AvgIpc) is 3.55. The van der Waals surface area contributed by atoms with E-state index in [-0.39, 0.29) is 30.1 Å². The summed E-state index contributed by atoms with van der Waals surface area (Å²) in [4.78, 5) is 29.5. The molecule has 1 heterocycles. The van der Waals surface area contributed by atoms with Gasteiger partial charge in [0, 0.05) is 32.2 Å². The Morgan fingerprint density at radius 3 is 2.24 bits per heavy atom. The molecule has 1 aliphatic carbocycles. The molecular formula is C23H26FN3O2. The van der Waals surface area contributed by atoms with Crippen LogP contribution in [0.4, 0.5) is 4.39 Å². The second-order valence-corrected chi connectivity index (χ2v) is 7.82. The minimum Gasteiger partial charge on any atom is -0.352 e. The monoisotopic (exact) mass is 395 g/mol. The summed E-state index contributed by atoms with van der Waals surface area (Å²) < 4.78 is 13.1. The van der Waals surface area contributed by atoms with Gasteiger partial charge in [-0.1, -0.05) is 42.5 Å². The molecule has 2 fully saturated rings. The van der Waals surface area contributed by atoms with E-state index in [1.165, 1.54) is 12.1 Å². The van der Waals surface area contributed by atoms with Gasteiger partial charge < -0.3 is 10.2 Å². The van der Waals surface area contributed by atoms with Crippen molar-refractivity contribution in [2.75, 3.05) is 26.2 Å². The van der Waals surface area contributed by atoms with Gasteiger partial charge in [-0.2, -0.15) is 0 Å². The number of benzene rings is 2. The summed E-state index contributed by atoms with van der Waals surface area (Å²) in [6.07, 6.45) is 2.38. The minimum atomic E-state index is -0.328. The number of rotatable bonds is 6. The van der Waals surface area contributed by atoms with Gasteiger partial charge in [-0.15, -0.1) is 0 Å². The first-order valence-corrected chi connectivity index (χ1v) is 10.2. The molecule has 1 aliphatic heterocycles. The van der Waals surface area contributed by atoms with Crippen LogP contribution in [0.25, 0.3) is 0 Å². The van der Waals surface area contributed by atoms with Crippen molar-refractivity contribution in [1.82, 2.24) is 15.1 Å². The minimum absolute atomic E-state index is 0.0370. The molecule has 2 aliphatic rings. The first kappa shape index (κ1) is 19.6. The van der Waals surface area contributed by atoms with Crippen LogP contribution in [0.1, 0.15) is 30.0 Å². The predicted molar refractivity (Wildman–Crippen MR) is 109 cm³/mol. The molecule has 1 N–H and O–H groups in total. The van der Waals surface area contributed by atoms with Crippen molar-refractivity contribution >= 4 is 11.8 Å². The molecule has 1 saturated carbocycles. The average molecular weight is 395 g/mol. The SMILES string of the molecule is O=C(NC1CC1)C(c1ccccc1)N1CCN(C(=O)Cc2ccc(F)cc2)CC1. The zero-order valence-electron chi connectivity index (χ0n) is 16.4. The number of halogens is 1. The summed E-state index contributed by atoms with van der Waals surface area (Å²) in [7, 11) is 0. The molecule has 2 aromatic rings. The van der Waals surface area contributed by atoms with Crippen LogP contribution in [0.2, 0.25) is 0 Å². The molecule has 29 heavy (non-hydrogen) atoms. The van der Waals surface area contributed by atoms with E-state index in [0.29, 0.717) is 32.2 Å². The Kier molecular flexibility index (Phi) is 5.90. The summed E-state index contributed by atoms with van der Waals surface area (Å²) in [5.74, 6) is -0.217. The Labute approximate surface area is 170 Å². The van der Waals surface area contributed by atoms with Crippen LogP contribution >= 0.6 is 0 Å². The lowest BCUT2D eigenvalue weighted by Crippen LogP contribution is -2.52. The van der Waals surface area contributed by atoms with E-state index in [4.69, 9.17) is 0 Å². The number of hydrogen-bond acceptors (Lipinski definition) is 3. The summed E-state index contributed by atoms with van der Waals surface area (Å²) in [6.45, 7) is 2.46. The molecule has 0 radical (unpaired) electrons. The van der Waals surface area contributed by atoms with Crippen LogP contribution in [0.3, 0.4) is 0 Å². The van der Waals surface area contributed by atoms with Crippen LogP contribution < -0.4 is 5.32 Å². The highest BCUT2D eigenvalue weighted by Crippen LogP contribution is 2.26. The van der Waals surface area contributed by atoms with Gasteiger partial charge in [0.1, 0.15) is 11.9 Å². The van der Waals surface area contributed by atoms with Crippen molar-refractivity contribution in [3.05, 3.63) is 71.5 Å². The molecule has 0 bridgehead atoms. The Bertz CT molecular complexity index is 844. The van der Waals surface area contributed by atoms with E-state index in [2.05, 4.69) is 10.2 Å². The number of hydrogen-bond donors (Lipinski definition) is 1. The van der Waals surface area contributed by atoms with Crippen molar-refractivity contribution in [2.45, 2.75) is 31.3 Å². The summed E-state index contributed by atoms with van der Waals surface area (Å²) >= 11 is 0. The second kappa shape index (κ2) is 8.74. The molecule has 1 atom stereocenters. The molecule has 6 heteroatoms. The van der Waals surface area contributed by atoms with Crippen LogP contribution in [0.15, 0.2) is 54.6 Å². The van der Waals surface area contributed by atoms with Crippen molar-refractivity contribution in [3.63, 3.8) is 0 Å². The highest BCUT2D eigenvalue weighted by Gasteiger charge is 2.34. The van der Waals surface area contributed by atoms with E-state index >= 15 is 0 Å². The third kappa shape index (κ3) is 5.01. The first-order valence-electron chi connectivity index (χ1n) is 10.2. The summed E-state index contributed by atoms with van der Waals surface area (Å²) in [5, 5.41) is 3.13. The Balaban J connectivity index is 1.38. The van der Waals surface area contributed by atoms with Crippen LogP contribution in [-0.2, 0) is 16.0 Å². The van der Waals surface area contributed by atoms with Crippen molar-refractivity contribution in [3.8, 4) is 0 Å². The quantitative estimate of drug-likeness (QED) is 0.818. The largest absolute Gasteiger partial charge is 0.352 e. The van der Waals surface area contributed by atoms with E-state index < -0.39 is 0 Å². The smallest absolute Gasteiger partial charge is 0.242 e. The Hall–Kier alpha value is -2.73. The zero-order valence-corrected chi connectivity index (χ0v) is 16.4. The number of nitrogens with one attached hydrogen (secondary N) is 1. The lowest BCUT2D eigenvalue weighted by Gasteiger charge is -2.39. The third-order valence-corrected chi connectivity index (χ3v) is 5.59. The molecule has 4 rings (SSSR count). The fourth-order valence-corrected chi connectivity index (χ4v) is 3.79. The van der Waals surface area contributed by atoms with Gasteiger partial charge in [0.2, 0.25) is 11.8 Å². The molecule has 1 unspecified atom stereocenters. The third-order valence-electron chi connectivity index (χ3n) is 5.59. The lowest BCUT2D eigenvalue weighted by atomic mass is 10.0. The van der Waals surface area contributed by atoms with Crippen molar-refractivity contribution < 1.29 is 14.0 Å². The number of nitrogens with zero attached hydrogens (tertiary/aromatic N) is 2. The molecule has 2 aromatic carbocycles. The highest BCUT2D eigenvalue weighted by atomic mass is 19.1. The van der Waals surface area contributed by atoms with E-state index in [0.717, 1.165) is 24.0 Å². The normalized spacial score (nSPS) is 18.3. The van der Waals surface area contributed by atoms with E-state index in [9.17, 15) is 14.0 Å². The molecule has 0 spiro atoms. The summed E-state index contributed by atoms with van der Waals surface area (Å²) in [6, 6.07) is 15.9. The lowest BCUT2D eigenvalue weighted by molar-refractivity contribution is -0.134. The zero-order chi connectivity index (χ0) is 20.2. The molecule has 1 saturated heterocycles. The molecule has 5 nitrogen and oxygen atoms in total. The molecule has 0 aromatic heterocycles. The van der Waals surface area contributed by atoms with Gasteiger partial charge in [0.25, 0.3) is 0 Å². The maximum atomic E-state index is 13.1. The molecule has 2 amide bonds. The maximum absolute atomic E-state index is 13.1. The highest BCUT2D eigenvalue weighted by molar-refractivity contribution is 5.84. The van der Waals surface area contributed by atoms with Gasteiger partial charge in [-0.3, -0.25) is 14.5 Å². The van der Waals surface area contributed by atoms with Gasteiger partial charge in [-0.25, -0.2) is 4.39 Å². The van der Waals surface area contributed by atoms with Crippen LogP contribution in [0, 0.1) is 5.82 Å². The van der Waals surface area contributed by atoms with Gasteiger partial charge in [0.15, 0.2) is 0 Å². The predicted octanol–water partition coefficient (Wildman–Crippen LogP) is 2.53. The van der Waals surface area contributed by atoms with E-state index in [1.54, 1.807) is 12.1 Å². The number of amides is 2.